The predicted molar refractivity (Wildman–Crippen MR) is 167 cm³/mol. The molecule has 2 saturated heterocycles. The van der Waals surface area contributed by atoms with Crippen molar-refractivity contribution in [3.8, 4) is 11.3 Å². The SMILES string of the molecule is CSC1(C(=O)Nc2ccc3[nH]nc(-c4ccnc(C)c4)c3c2)CCN(CC(N=O)C2CCN(c3nccs3)CC2)C1. The number of nitrogens with one attached hydrogen (secondary N) is 2. The number of nitrogens with zero attached hydrogens (tertiary/aromatic N) is 6. The number of aromatic nitrogens is 4. The Morgan fingerprint density at radius 1 is 1.22 bits per heavy atom. The van der Waals surface area contributed by atoms with Crippen LogP contribution in [0.25, 0.3) is 22.2 Å². The molecule has 10 nitrogen and oxygen atoms in total. The Balaban J connectivity index is 1.10. The van der Waals surface area contributed by atoms with Gasteiger partial charge in [0.2, 0.25) is 5.91 Å². The molecule has 2 N–H and O–H groups in total. The molecule has 3 aromatic heterocycles. The van der Waals surface area contributed by atoms with Crippen molar-refractivity contribution in [3.63, 3.8) is 0 Å². The van der Waals surface area contributed by atoms with E-state index in [1.54, 1.807) is 29.3 Å². The second-order valence-corrected chi connectivity index (χ2v) is 13.0. The molecule has 0 spiro atoms. The normalized spacial score (nSPS) is 20.9. The average molecular weight is 591 g/mol. The van der Waals surface area contributed by atoms with E-state index < -0.39 is 4.75 Å². The average Bonchev–Trinajstić information content (AvgIpc) is 3.77. The van der Waals surface area contributed by atoms with Crippen LogP contribution in [0.4, 0.5) is 10.8 Å². The molecule has 2 fully saturated rings. The number of thioether (sulfide) groups is 1. The number of H-pyrrole nitrogens is 1. The molecule has 214 valence electrons. The lowest BCUT2D eigenvalue weighted by molar-refractivity contribution is -0.118. The minimum Gasteiger partial charge on any atom is -0.348 e. The topological polar surface area (TPSA) is 119 Å². The van der Waals surface area contributed by atoms with Gasteiger partial charge in [-0.15, -0.1) is 23.1 Å². The van der Waals surface area contributed by atoms with Crippen LogP contribution in [0.2, 0.25) is 0 Å². The fraction of sp³-hybridized carbons (Fsp3) is 0.448. The number of likely N-dealkylation sites (tertiary alicyclic amines) is 1. The molecule has 2 aliphatic rings. The summed E-state index contributed by atoms with van der Waals surface area (Å²) in [5.41, 5.74) is 4.37. The van der Waals surface area contributed by atoms with E-state index in [4.69, 9.17) is 0 Å². The van der Waals surface area contributed by atoms with E-state index in [0.717, 1.165) is 77.6 Å². The van der Waals surface area contributed by atoms with Gasteiger partial charge in [0.25, 0.3) is 0 Å². The number of rotatable bonds is 9. The summed E-state index contributed by atoms with van der Waals surface area (Å²) in [5, 5.41) is 18.3. The van der Waals surface area contributed by atoms with Crippen molar-refractivity contribution in [2.45, 2.75) is 37.0 Å². The molecule has 0 radical (unpaired) electrons. The van der Waals surface area contributed by atoms with Gasteiger partial charge in [0.05, 0.1) is 5.52 Å². The summed E-state index contributed by atoms with van der Waals surface area (Å²) in [6, 6.07) is 9.51. The summed E-state index contributed by atoms with van der Waals surface area (Å²) in [6.45, 7) is 5.70. The van der Waals surface area contributed by atoms with E-state index in [-0.39, 0.29) is 17.9 Å². The summed E-state index contributed by atoms with van der Waals surface area (Å²) in [6.07, 6.45) is 8.19. The number of nitroso groups, excluding NO2 is 1. The molecule has 2 unspecified atom stereocenters. The van der Waals surface area contributed by atoms with E-state index in [2.05, 4.69) is 40.5 Å². The summed E-state index contributed by atoms with van der Waals surface area (Å²) in [7, 11) is 0. The zero-order valence-electron chi connectivity index (χ0n) is 23.2. The maximum atomic E-state index is 13.7. The Morgan fingerprint density at radius 2 is 2.07 bits per heavy atom. The zero-order valence-corrected chi connectivity index (χ0v) is 24.9. The number of fused-ring (bicyclic) bond motifs is 1. The van der Waals surface area contributed by atoms with E-state index in [1.165, 1.54) is 0 Å². The predicted octanol–water partition coefficient (Wildman–Crippen LogP) is 5.19. The highest BCUT2D eigenvalue weighted by Crippen LogP contribution is 2.37. The van der Waals surface area contributed by atoms with Crippen molar-refractivity contribution >= 4 is 50.7 Å². The maximum absolute atomic E-state index is 13.7. The highest BCUT2D eigenvalue weighted by molar-refractivity contribution is 8.00. The van der Waals surface area contributed by atoms with Crippen LogP contribution in [0.3, 0.4) is 0 Å². The molecule has 41 heavy (non-hydrogen) atoms. The van der Waals surface area contributed by atoms with Gasteiger partial charge in [0.15, 0.2) is 5.13 Å². The smallest absolute Gasteiger partial charge is 0.241 e. The van der Waals surface area contributed by atoms with E-state index in [9.17, 15) is 9.70 Å². The van der Waals surface area contributed by atoms with Crippen molar-refractivity contribution in [2.24, 2.45) is 11.1 Å². The molecule has 1 amide bonds. The number of anilines is 2. The number of hydrogen-bond acceptors (Lipinski definition) is 10. The van der Waals surface area contributed by atoms with Crippen LogP contribution >= 0.6 is 23.1 Å². The summed E-state index contributed by atoms with van der Waals surface area (Å²) >= 11 is 3.24. The lowest BCUT2D eigenvalue weighted by Gasteiger charge is -2.35. The van der Waals surface area contributed by atoms with Crippen LogP contribution in [-0.2, 0) is 4.79 Å². The Morgan fingerprint density at radius 3 is 2.80 bits per heavy atom. The molecule has 0 aliphatic carbocycles. The number of piperidine rings is 1. The Labute approximate surface area is 247 Å². The van der Waals surface area contributed by atoms with Crippen molar-refractivity contribution in [1.82, 2.24) is 25.1 Å². The first-order chi connectivity index (χ1) is 20.0. The Hall–Kier alpha value is -3.35. The van der Waals surface area contributed by atoms with Gasteiger partial charge in [-0.05, 0) is 68.7 Å². The molecule has 12 heteroatoms. The maximum Gasteiger partial charge on any atom is 0.241 e. The standard InChI is InChI=1S/C29H34N8O2S2/c1-19-15-21(5-9-30-19)26-23-16-22(3-4-24(23)33-34-26)32-27(38)29(40-2)8-13-36(18-29)17-25(35-39)20-6-11-37(12-7-20)28-31-10-14-41-28/h3-5,9-10,14-16,20,25H,6-8,11-13,17-18H2,1-2H3,(H,32,38)(H,33,34). The number of carbonyl (C=O) groups is 1. The van der Waals surface area contributed by atoms with Crippen molar-refractivity contribution < 1.29 is 4.79 Å². The Kier molecular flexibility index (Phi) is 8.05. The van der Waals surface area contributed by atoms with Gasteiger partial charge in [-0.2, -0.15) is 10.0 Å². The van der Waals surface area contributed by atoms with Crippen LogP contribution in [-0.4, -0.2) is 80.7 Å². The number of benzene rings is 1. The van der Waals surface area contributed by atoms with Crippen LogP contribution in [0, 0.1) is 17.7 Å². The van der Waals surface area contributed by atoms with Crippen molar-refractivity contribution in [2.75, 3.05) is 49.2 Å². The van der Waals surface area contributed by atoms with Gasteiger partial charge in [-0.1, -0.05) is 5.18 Å². The van der Waals surface area contributed by atoms with E-state index in [1.807, 2.05) is 55.1 Å². The Bertz CT molecular complexity index is 1520. The van der Waals surface area contributed by atoms with Gasteiger partial charge in [-0.25, -0.2) is 4.98 Å². The monoisotopic (exact) mass is 590 g/mol. The second-order valence-electron chi connectivity index (χ2n) is 11.0. The van der Waals surface area contributed by atoms with Gasteiger partial charge in [-0.3, -0.25) is 19.8 Å². The quantitative estimate of drug-likeness (QED) is 0.256. The van der Waals surface area contributed by atoms with E-state index >= 15 is 0 Å². The first-order valence-electron chi connectivity index (χ1n) is 13.9. The third kappa shape index (κ3) is 5.73. The molecule has 0 bridgehead atoms. The first-order valence-corrected chi connectivity index (χ1v) is 16.1. The number of aromatic amines is 1. The van der Waals surface area contributed by atoms with Crippen LogP contribution in [0.5, 0.6) is 0 Å². The molecule has 6 rings (SSSR count). The molecule has 0 saturated carbocycles. The molecule has 2 aliphatic heterocycles. The third-order valence-corrected chi connectivity index (χ3v) is 10.6. The first kappa shape index (κ1) is 27.8. The van der Waals surface area contributed by atoms with Crippen LogP contribution in [0.1, 0.15) is 25.0 Å². The second kappa shape index (κ2) is 11.9. The number of aryl methyl sites for hydroxylation is 1. The molecular weight excluding hydrogens is 557 g/mol. The lowest BCUT2D eigenvalue weighted by Crippen LogP contribution is -2.45. The highest BCUT2D eigenvalue weighted by Gasteiger charge is 2.45. The molecule has 1 aromatic carbocycles. The largest absolute Gasteiger partial charge is 0.348 e. The third-order valence-electron chi connectivity index (χ3n) is 8.46. The van der Waals surface area contributed by atoms with Crippen LogP contribution in [0.15, 0.2) is 53.3 Å². The number of amides is 1. The molecule has 2 atom stereocenters. The van der Waals surface area contributed by atoms with Gasteiger partial charge < -0.3 is 10.2 Å². The van der Waals surface area contributed by atoms with Gasteiger partial charge >= 0.3 is 0 Å². The van der Waals surface area contributed by atoms with Gasteiger partial charge in [0, 0.05) is 72.8 Å². The van der Waals surface area contributed by atoms with Crippen molar-refractivity contribution in [3.05, 3.63) is 58.7 Å². The van der Waals surface area contributed by atoms with E-state index in [0.29, 0.717) is 13.1 Å². The fourth-order valence-corrected chi connectivity index (χ4v) is 7.63. The van der Waals surface area contributed by atoms with Crippen LogP contribution < -0.4 is 10.2 Å². The summed E-state index contributed by atoms with van der Waals surface area (Å²) < 4.78 is -0.585. The summed E-state index contributed by atoms with van der Waals surface area (Å²) in [5.74, 6) is 0.242. The van der Waals surface area contributed by atoms with Gasteiger partial charge in [0.1, 0.15) is 16.5 Å². The zero-order chi connectivity index (χ0) is 28.4. The lowest BCUT2D eigenvalue weighted by atomic mass is 9.89. The molecule has 5 heterocycles. The highest BCUT2D eigenvalue weighted by atomic mass is 32.2. The number of carbonyl (C=O) groups excluding carboxylic acids is 1. The number of pyridine rings is 1. The minimum atomic E-state index is -0.585. The van der Waals surface area contributed by atoms with Crippen molar-refractivity contribution in [1.29, 1.82) is 0 Å². The molecule has 4 aromatic rings. The number of thiazole rings is 1. The number of hydrogen-bond donors (Lipinski definition) is 2. The fourth-order valence-electron chi connectivity index (χ4n) is 6.09. The summed E-state index contributed by atoms with van der Waals surface area (Å²) in [4.78, 5) is 38.9. The minimum absolute atomic E-state index is 0.0102. The molecular formula is C29H34N8O2S2.